The zero-order valence-corrected chi connectivity index (χ0v) is 9.04. The van der Waals surface area contributed by atoms with Gasteiger partial charge in [-0.2, -0.15) is 0 Å². The van der Waals surface area contributed by atoms with Gasteiger partial charge in [0.2, 0.25) is 0 Å². The molecular formula is C12H16N2O. The summed E-state index contributed by atoms with van der Waals surface area (Å²) in [7, 11) is 0. The fraction of sp³-hybridized carbons (Fsp3) is 0.333. The number of hydrogen-bond acceptors (Lipinski definition) is 2. The van der Waals surface area contributed by atoms with E-state index in [1.165, 1.54) is 5.56 Å². The zero-order valence-electron chi connectivity index (χ0n) is 9.04. The molecule has 2 aromatic rings. The molecule has 1 atom stereocenters. The SMILES string of the molecule is Cc1[nH]c2ccc(O)cc2c1C[C@H](C)N. The second-order valence-corrected chi connectivity index (χ2v) is 4.14. The zero-order chi connectivity index (χ0) is 11.0. The number of phenolic OH excluding ortho intramolecular Hbond substituents is 1. The average molecular weight is 204 g/mol. The maximum Gasteiger partial charge on any atom is 0.116 e. The van der Waals surface area contributed by atoms with Crippen molar-refractivity contribution in [2.45, 2.75) is 26.3 Å². The minimum atomic E-state index is 0.130. The Morgan fingerprint density at radius 1 is 1.47 bits per heavy atom. The van der Waals surface area contributed by atoms with Crippen molar-refractivity contribution in [2.24, 2.45) is 5.73 Å². The van der Waals surface area contributed by atoms with Crippen LogP contribution >= 0.6 is 0 Å². The molecule has 0 spiro atoms. The molecule has 0 saturated heterocycles. The van der Waals surface area contributed by atoms with E-state index in [4.69, 9.17) is 5.73 Å². The summed E-state index contributed by atoms with van der Waals surface area (Å²) in [5, 5.41) is 10.5. The van der Waals surface area contributed by atoms with Gasteiger partial charge in [-0.25, -0.2) is 0 Å². The van der Waals surface area contributed by atoms with Gasteiger partial charge in [0.05, 0.1) is 0 Å². The Kier molecular flexibility index (Phi) is 2.40. The van der Waals surface area contributed by atoms with E-state index in [1.807, 2.05) is 19.9 Å². The van der Waals surface area contributed by atoms with E-state index < -0.39 is 0 Å². The molecule has 3 nitrogen and oxygen atoms in total. The molecule has 0 aliphatic rings. The largest absolute Gasteiger partial charge is 0.508 e. The highest BCUT2D eigenvalue weighted by atomic mass is 16.3. The lowest BCUT2D eigenvalue weighted by molar-refractivity contribution is 0.476. The van der Waals surface area contributed by atoms with Gasteiger partial charge in [0.25, 0.3) is 0 Å². The van der Waals surface area contributed by atoms with Crippen molar-refractivity contribution in [1.29, 1.82) is 0 Å². The standard InChI is InChI=1S/C12H16N2O/c1-7(13)5-10-8(2)14-12-4-3-9(15)6-11(10)12/h3-4,6-7,14-15H,5,13H2,1-2H3/t7-/m0/s1. The topological polar surface area (TPSA) is 62.0 Å². The molecule has 0 bridgehead atoms. The van der Waals surface area contributed by atoms with Gasteiger partial charge >= 0.3 is 0 Å². The van der Waals surface area contributed by atoms with Crippen LogP contribution in [0.3, 0.4) is 0 Å². The number of aryl methyl sites for hydroxylation is 1. The van der Waals surface area contributed by atoms with Crippen molar-refractivity contribution < 1.29 is 5.11 Å². The second kappa shape index (κ2) is 3.59. The molecule has 0 fully saturated rings. The number of aromatic nitrogens is 1. The van der Waals surface area contributed by atoms with Crippen LogP contribution in [0.5, 0.6) is 5.75 Å². The van der Waals surface area contributed by atoms with Gasteiger partial charge in [-0.3, -0.25) is 0 Å². The van der Waals surface area contributed by atoms with E-state index in [9.17, 15) is 5.11 Å². The summed E-state index contributed by atoms with van der Waals surface area (Å²) < 4.78 is 0. The highest BCUT2D eigenvalue weighted by Crippen LogP contribution is 2.26. The van der Waals surface area contributed by atoms with Gasteiger partial charge in [-0.15, -0.1) is 0 Å². The van der Waals surface area contributed by atoms with Crippen LogP contribution in [0.1, 0.15) is 18.2 Å². The summed E-state index contributed by atoms with van der Waals surface area (Å²) in [6.45, 7) is 4.02. The molecule has 1 heterocycles. The number of fused-ring (bicyclic) bond motifs is 1. The Bertz CT molecular complexity index is 486. The maximum absolute atomic E-state index is 9.45. The van der Waals surface area contributed by atoms with E-state index >= 15 is 0 Å². The van der Waals surface area contributed by atoms with E-state index in [-0.39, 0.29) is 6.04 Å². The van der Waals surface area contributed by atoms with E-state index in [0.29, 0.717) is 5.75 Å². The smallest absolute Gasteiger partial charge is 0.116 e. The third kappa shape index (κ3) is 1.83. The van der Waals surface area contributed by atoms with E-state index in [2.05, 4.69) is 4.98 Å². The fourth-order valence-corrected chi connectivity index (χ4v) is 1.96. The van der Waals surface area contributed by atoms with Crippen molar-refractivity contribution in [1.82, 2.24) is 4.98 Å². The molecule has 4 N–H and O–H groups in total. The van der Waals surface area contributed by atoms with Crippen LogP contribution in [0.4, 0.5) is 0 Å². The van der Waals surface area contributed by atoms with Crippen molar-refractivity contribution in [3.05, 3.63) is 29.5 Å². The summed E-state index contributed by atoms with van der Waals surface area (Å²) >= 11 is 0. The van der Waals surface area contributed by atoms with E-state index in [0.717, 1.165) is 23.0 Å². The Morgan fingerprint density at radius 3 is 2.87 bits per heavy atom. The summed E-state index contributed by atoms with van der Waals surface area (Å²) in [4.78, 5) is 3.29. The average Bonchev–Trinajstić information content (AvgIpc) is 2.43. The monoisotopic (exact) mass is 204 g/mol. The number of benzene rings is 1. The quantitative estimate of drug-likeness (QED) is 0.701. The first-order chi connectivity index (χ1) is 7.08. The molecule has 0 aliphatic carbocycles. The number of aromatic hydroxyl groups is 1. The predicted molar refractivity (Wildman–Crippen MR) is 62.1 cm³/mol. The number of nitrogens with two attached hydrogens (primary N) is 1. The lowest BCUT2D eigenvalue weighted by Gasteiger charge is -2.05. The number of rotatable bonds is 2. The van der Waals surface area contributed by atoms with Gasteiger partial charge < -0.3 is 15.8 Å². The lowest BCUT2D eigenvalue weighted by Crippen LogP contribution is -2.18. The number of nitrogens with one attached hydrogen (secondary N) is 1. The summed E-state index contributed by atoms with van der Waals surface area (Å²) in [6.07, 6.45) is 0.829. The van der Waals surface area contributed by atoms with Crippen molar-refractivity contribution in [3.8, 4) is 5.75 Å². The van der Waals surface area contributed by atoms with Crippen molar-refractivity contribution in [2.75, 3.05) is 0 Å². The normalized spacial score (nSPS) is 13.3. The number of phenols is 1. The third-order valence-corrected chi connectivity index (χ3v) is 2.63. The van der Waals surface area contributed by atoms with Crippen LogP contribution in [0, 0.1) is 6.92 Å². The Balaban J connectivity index is 2.60. The summed E-state index contributed by atoms with van der Waals surface area (Å²) in [5.41, 5.74) is 9.20. The van der Waals surface area contributed by atoms with E-state index in [1.54, 1.807) is 12.1 Å². The predicted octanol–water partition coefficient (Wildman–Crippen LogP) is 2.07. The van der Waals surface area contributed by atoms with Crippen molar-refractivity contribution >= 4 is 10.9 Å². The molecule has 0 saturated carbocycles. The van der Waals surface area contributed by atoms with Crippen molar-refractivity contribution in [3.63, 3.8) is 0 Å². The number of aromatic amines is 1. The molecule has 2 rings (SSSR count). The molecule has 15 heavy (non-hydrogen) atoms. The fourth-order valence-electron chi connectivity index (χ4n) is 1.96. The Morgan fingerprint density at radius 2 is 2.20 bits per heavy atom. The molecular weight excluding hydrogens is 188 g/mol. The first-order valence-corrected chi connectivity index (χ1v) is 5.13. The van der Waals surface area contributed by atoms with Gasteiger partial charge in [0, 0.05) is 22.6 Å². The second-order valence-electron chi connectivity index (χ2n) is 4.14. The Labute approximate surface area is 88.9 Å². The molecule has 0 radical (unpaired) electrons. The number of H-pyrrole nitrogens is 1. The van der Waals surface area contributed by atoms with Crippen LogP contribution in [-0.4, -0.2) is 16.1 Å². The molecule has 1 aromatic carbocycles. The van der Waals surface area contributed by atoms with Crippen LogP contribution in [0.15, 0.2) is 18.2 Å². The highest BCUT2D eigenvalue weighted by Gasteiger charge is 2.10. The first-order valence-electron chi connectivity index (χ1n) is 5.13. The molecule has 1 aromatic heterocycles. The molecule has 0 aliphatic heterocycles. The molecule has 0 unspecified atom stereocenters. The third-order valence-electron chi connectivity index (χ3n) is 2.63. The summed E-state index contributed by atoms with van der Waals surface area (Å²) in [6, 6.07) is 5.50. The maximum atomic E-state index is 9.45. The minimum absolute atomic E-state index is 0.130. The first kappa shape index (κ1) is 10.1. The van der Waals surface area contributed by atoms with Gasteiger partial charge in [-0.05, 0) is 44.0 Å². The lowest BCUT2D eigenvalue weighted by atomic mass is 10.0. The van der Waals surface area contributed by atoms with Crippen LogP contribution in [0.25, 0.3) is 10.9 Å². The van der Waals surface area contributed by atoms with Gasteiger partial charge in [0.15, 0.2) is 0 Å². The molecule has 0 amide bonds. The number of hydrogen-bond donors (Lipinski definition) is 3. The van der Waals surface area contributed by atoms with Crippen LogP contribution in [-0.2, 0) is 6.42 Å². The Hall–Kier alpha value is -1.48. The molecule has 3 heteroatoms. The van der Waals surface area contributed by atoms with Crippen LogP contribution in [0.2, 0.25) is 0 Å². The van der Waals surface area contributed by atoms with Gasteiger partial charge in [0.1, 0.15) is 5.75 Å². The van der Waals surface area contributed by atoms with Crippen LogP contribution < -0.4 is 5.73 Å². The highest BCUT2D eigenvalue weighted by molar-refractivity contribution is 5.86. The summed E-state index contributed by atoms with van der Waals surface area (Å²) in [5.74, 6) is 0.299. The van der Waals surface area contributed by atoms with Gasteiger partial charge in [-0.1, -0.05) is 0 Å². The minimum Gasteiger partial charge on any atom is -0.508 e. The molecule has 80 valence electrons.